The summed E-state index contributed by atoms with van der Waals surface area (Å²) in [6.45, 7) is 4.68. The fraction of sp³-hybridized carbons (Fsp3) is 0.200. The predicted octanol–water partition coefficient (Wildman–Crippen LogP) is 3.66. The van der Waals surface area contributed by atoms with Crippen LogP contribution in [0.3, 0.4) is 0 Å². The maximum Gasteiger partial charge on any atom is 0.163 e. The van der Waals surface area contributed by atoms with Crippen molar-refractivity contribution in [3.8, 4) is 17.5 Å². The highest BCUT2D eigenvalue weighted by atomic mass is 15.2. The lowest BCUT2D eigenvalue weighted by molar-refractivity contribution is 0.877. The van der Waals surface area contributed by atoms with E-state index in [1.807, 2.05) is 57.3 Å². The van der Waals surface area contributed by atoms with Crippen molar-refractivity contribution < 1.29 is 0 Å². The lowest BCUT2D eigenvalue weighted by Gasteiger charge is -2.22. The normalized spacial score (nSPS) is 10.3. The van der Waals surface area contributed by atoms with E-state index in [2.05, 4.69) is 20.9 Å². The van der Waals surface area contributed by atoms with Gasteiger partial charge in [0, 0.05) is 42.8 Å². The molecule has 2 aromatic heterocycles. The van der Waals surface area contributed by atoms with Crippen molar-refractivity contribution >= 4 is 5.82 Å². The topological polar surface area (TPSA) is 65.7 Å². The SMILES string of the molecule is Cc1nc(-c2cccnc2)nc(N(C)Cc2cccc(C#N)c2)c1C. The molecule has 3 rings (SSSR count). The Bertz CT molecular complexity index is 929. The Hall–Kier alpha value is -3.26. The first-order chi connectivity index (χ1) is 12.1. The minimum Gasteiger partial charge on any atom is -0.355 e. The Morgan fingerprint density at radius 1 is 1.12 bits per heavy atom. The lowest BCUT2D eigenvalue weighted by Crippen LogP contribution is -2.20. The fourth-order valence-corrected chi connectivity index (χ4v) is 2.70. The van der Waals surface area contributed by atoms with Gasteiger partial charge in [-0.1, -0.05) is 12.1 Å². The standard InChI is InChI=1S/C20H19N5/c1-14-15(2)23-19(18-8-5-9-22-12-18)24-20(14)25(3)13-17-7-4-6-16(10-17)11-21/h4-10,12H,13H2,1-3H3. The van der Waals surface area contributed by atoms with E-state index in [1.165, 1.54) is 0 Å². The van der Waals surface area contributed by atoms with E-state index in [-0.39, 0.29) is 0 Å². The summed E-state index contributed by atoms with van der Waals surface area (Å²) >= 11 is 0. The van der Waals surface area contributed by atoms with Crippen LogP contribution in [0.2, 0.25) is 0 Å². The van der Waals surface area contributed by atoms with E-state index in [9.17, 15) is 0 Å². The van der Waals surface area contributed by atoms with E-state index in [4.69, 9.17) is 10.2 Å². The van der Waals surface area contributed by atoms with Gasteiger partial charge >= 0.3 is 0 Å². The average Bonchev–Trinajstić information content (AvgIpc) is 2.64. The molecule has 0 atom stereocenters. The van der Waals surface area contributed by atoms with E-state index in [1.54, 1.807) is 12.4 Å². The van der Waals surface area contributed by atoms with Gasteiger partial charge in [0.05, 0.1) is 11.6 Å². The second-order valence-electron chi connectivity index (χ2n) is 5.99. The third kappa shape index (κ3) is 3.64. The minimum absolute atomic E-state index is 0.664. The second-order valence-corrected chi connectivity index (χ2v) is 5.99. The summed E-state index contributed by atoms with van der Waals surface area (Å²) < 4.78 is 0. The molecule has 0 bridgehead atoms. The van der Waals surface area contributed by atoms with Gasteiger partial charge in [-0.3, -0.25) is 4.98 Å². The fourth-order valence-electron chi connectivity index (χ4n) is 2.70. The van der Waals surface area contributed by atoms with Crippen LogP contribution in [0.25, 0.3) is 11.4 Å². The Labute approximate surface area is 147 Å². The Balaban J connectivity index is 1.95. The van der Waals surface area contributed by atoms with Gasteiger partial charge in [0.25, 0.3) is 0 Å². The van der Waals surface area contributed by atoms with Crippen molar-refractivity contribution in [3.63, 3.8) is 0 Å². The maximum atomic E-state index is 9.07. The van der Waals surface area contributed by atoms with Crippen molar-refractivity contribution in [1.82, 2.24) is 15.0 Å². The van der Waals surface area contributed by atoms with Gasteiger partial charge in [-0.2, -0.15) is 5.26 Å². The highest BCUT2D eigenvalue weighted by Crippen LogP contribution is 2.24. The average molecular weight is 329 g/mol. The smallest absolute Gasteiger partial charge is 0.163 e. The first-order valence-electron chi connectivity index (χ1n) is 8.04. The molecule has 5 heteroatoms. The monoisotopic (exact) mass is 329 g/mol. The minimum atomic E-state index is 0.664. The number of hydrogen-bond acceptors (Lipinski definition) is 5. The second kappa shape index (κ2) is 7.10. The molecule has 2 heterocycles. The van der Waals surface area contributed by atoms with E-state index in [0.717, 1.165) is 28.2 Å². The van der Waals surface area contributed by atoms with E-state index < -0.39 is 0 Å². The number of aromatic nitrogens is 3. The summed E-state index contributed by atoms with van der Waals surface area (Å²) in [6, 6.07) is 13.7. The van der Waals surface area contributed by atoms with Crippen molar-refractivity contribution in [2.45, 2.75) is 20.4 Å². The Kier molecular flexibility index (Phi) is 4.71. The molecule has 124 valence electrons. The molecule has 0 amide bonds. The number of aryl methyl sites for hydroxylation is 1. The third-order valence-corrected chi connectivity index (χ3v) is 4.12. The number of rotatable bonds is 4. The molecule has 0 aliphatic carbocycles. The molecule has 0 N–H and O–H groups in total. The van der Waals surface area contributed by atoms with Crippen molar-refractivity contribution in [1.29, 1.82) is 5.26 Å². The zero-order chi connectivity index (χ0) is 17.8. The van der Waals surface area contributed by atoms with Crippen LogP contribution < -0.4 is 4.90 Å². The molecule has 0 saturated carbocycles. The molecule has 0 spiro atoms. The van der Waals surface area contributed by atoms with Gasteiger partial charge < -0.3 is 4.90 Å². The number of benzene rings is 1. The van der Waals surface area contributed by atoms with Gasteiger partial charge in [0.2, 0.25) is 0 Å². The highest BCUT2D eigenvalue weighted by molar-refractivity contribution is 5.59. The number of pyridine rings is 1. The van der Waals surface area contributed by atoms with Crippen LogP contribution in [0, 0.1) is 25.2 Å². The summed E-state index contributed by atoms with van der Waals surface area (Å²) in [4.78, 5) is 15.6. The molecule has 0 aliphatic heterocycles. The summed E-state index contributed by atoms with van der Waals surface area (Å²) in [5, 5.41) is 9.07. The quantitative estimate of drug-likeness (QED) is 0.731. The van der Waals surface area contributed by atoms with E-state index >= 15 is 0 Å². The number of nitriles is 1. The van der Waals surface area contributed by atoms with Crippen LogP contribution in [-0.4, -0.2) is 22.0 Å². The van der Waals surface area contributed by atoms with Crippen molar-refractivity contribution in [2.24, 2.45) is 0 Å². The molecule has 25 heavy (non-hydrogen) atoms. The lowest BCUT2D eigenvalue weighted by atomic mass is 10.1. The summed E-state index contributed by atoms with van der Waals surface area (Å²) in [5.74, 6) is 1.55. The third-order valence-electron chi connectivity index (χ3n) is 4.12. The predicted molar refractivity (Wildman–Crippen MR) is 98.0 cm³/mol. The summed E-state index contributed by atoms with van der Waals surface area (Å²) in [6.07, 6.45) is 3.50. The van der Waals surface area contributed by atoms with Crippen molar-refractivity contribution in [3.05, 3.63) is 71.2 Å². The van der Waals surface area contributed by atoms with Crippen LogP contribution >= 0.6 is 0 Å². The zero-order valence-electron chi connectivity index (χ0n) is 14.6. The Morgan fingerprint density at radius 3 is 2.68 bits per heavy atom. The molecule has 3 aromatic rings. The van der Waals surface area contributed by atoms with Crippen LogP contribution in [0.15, 0.2) is 48.8 Å². The van der Waals surface area contributed by atoms with E-state index in [0.29, 0.717) is 17.9 Å². The molecule has 5 nitrogen and oxygen atoms in total. The molecule has 1 aromatic carbocycles. The van der Waals surface area contributed by atoms with Gasteiger partial charge in [0.15, 0.2) is 5.82 Å². The maximum absolute atomic E-state index is 9.07. The largest absolute Gasteiger partial charge is 0.355 e. The molecule has 0 unspecified atom stereocenters. The van der Waals surface area contributed by atoms with Crippen LogP contribution in [0.5, 0.6) is 0 Å². The van der Waals surface area contributed by atoms with Gasteiger partial charge in [-0.15, -0.1) is 0 Å². The summed E-state index contributed by atoms with van der Waals surface area (Å²) in [5.41, 5.74) is 4.62. The van der Waals surface area contributed by atoms with Crippen LogP contribution in [0.1, 0.15) is 22.4 Å². The first-order valence-corrected chi connectivity index (χ1v) is 8.04. The molecule has 0 fully saturated rings. The highest BCUT2D eigenvalue weighted by Gasteiger charge is 2.14. The van der Waals surface area contributed by atoms with Crippen LogP contribution in [-0.2, 0) is 6.54 Å². The van der Waals surface area contributed by atoms with Gasteiger partial charge in [-0.05, 0) is 43.7 Å². The number of hydrogen-bond donors (Lipinski definition) is 0. The number of anilines is 1. The molecular formula is C20H19N5. The number of nitrogens with zero attached hydrogens (tertiary/aromatic N) is 5. The summed E-state index contributed by atoms with van der Waals surface area (Å²) in [7, 11) is 2.00. The van der Waals surface area contributed by atoms with Gasteiger partial charge in [0.1, 0.15) is 5.82 Å². The van der Waals surface area contributed by atoms with Crippen LogP contribution in [0.4, 0.5) is 5.82 Å². The van der Waals surface area contributed by atoms with Gasteiger partial charge in [-0.25, -0.2) is 9.97 Å². The molecular weight excluding hydrogens is 310 g/mol. The molecule has 0 radical (unpaired) electrons. The zero-order valence-corrected chi connectivity index (χ0v) is 14.6. The molecule has 0 saturated heterocycles. The molecule has 0 aliphatic rings. The Morgan fingerprint density at radius 2 is 1.96 bits per heavy atom. The first kappa shape index (κ1) is 16.6. The van der Waals surface area contributed by atoms with Crippen molar-refractivity contribution in [2.75, 3.05) is 11.9 Å².